The summed E-state index contributed by atoms with van der Waals surface area (Å²) in [5.41, 5.74) is 0.511. The molecule has 0 fully saturated rings. The summed E-state index contributed by atoms with van der Waals surface area (Å²) in [6.45, 7) is 11.2. The summed E-state index contributed by atoms with van der Waals surface area (Å²) >= 11 is 0. The Bertz CT molecular complexity index is 352. The van der Waals surface area contributed by atoms with E-state index in [0.29, 0.717) is 19.1 Å². The molecule has 0 amide bonds. The molecule has 19 heavy (non-hydrogen) atoms. The van der Waals surface area contributed by atoms with Gasteiger partial charge in [0, 0.05) is 38.1 Å². The van der Waals surface area contributed by atoms with Gasteiger partial charge in [-0.2, -0.15) is 0 Å². The number of likely N-dealkylation sites (N-methyl/N-ethyl adjacent to an activating group) is 1. The summed E-state index contributed by atoms with van der Waals surface area (Å²) in [7, 11) is 0. The first kappa shape index (κ1) is 16.1. The van der Waals surface area contributed by atoms with Crippen LogP contribution in [-0.4, -0.2) is 46.3 Å². The largest absolute Gasteiger partial charge is 0.388 e. The number of pyridine rings is 1. The number of aromatic nitrogens is 1. The predicted molar refractivity (Wildman–Crippen MR) is 79.0 cm³/mol. The lowest BCUT2D eigenvalue weighted by Crippen LogP contribution is -2.48. The first-order chi connectivity index (χ1) is 8.93. The van der Waals surface area contributed by atoms with Crippen LogP contribution in [-0.2, 0) is 6.54 Å². The highest BCUT2D eigenvalue weighted by molar-refractivity contribution is 5.09. The molecule has 108 valence electrons. The third-order valence-corrected chi connectivity index (χ3v) is 3.06. The number of rotatable bonds is 8. The van der Waals surface area contributed by atoms with E-state index in [4.69, 9.17) is 0 Å². The van der Waals surface area contributed by atoms with Gasteiger partial charge in [-0.05, 0) is 31.2 Å². The van der Waals surface area contributed by atoms with Crippen LogP contribution in [0.3, 0.4) is 0 Å². The molecule has 0 aromatic carbocycles. The van der Waals surface area contributed by atoms with E-state index in [0.717, 1.165) is 13.1 Å². The molecule has 1 heterocycles. The van der Waals surface area contributed by atoms with Crippen molar-refractivity contribution in [2.24, 2.45) is 0 Å². The summed E-state index contributed by atoms with van der Waals surface area (Å²) in [5.74, 6) is 0. The second-order valence-electron chi connectivity index (χ2n) is 5.69. The van der Waals surface area contributed by atoms with E-state index >= 15 is 0 Å². The van der Waals surface area contributed by atoms with Crippen LogP contribution in [0, 0.1) is 0 Å². The molecule has 4 heteroatoms. The molecular formula is C15H27N3O. The minimum atomic E-state index is -0.715. The molecule has 0 aliphatic rings. The molecule has 0 spiro atoms. The fourth-order valence-electron chi connectivity index (χ4n) is 1.99. The lowest BCUT2D eigenvalue weighted by atomic mass is 10.1. The SMILES string of the molecule is CCN(Cc1ccncc1)CC(C)(O)CNC(C)C. The van der Waals surface area contributed by atoms with Crippen molar-refractivity contribution in [3.05, 3.63) is 30.1 Å². The molecule has 1 aromatic heterocycles. The first-order valence-electron chi connectivity index (χ1n) is 7.00. The van der Waals surface area contributed by atoms with Crippen molar-refractivity contribution >= 4 is 0 Å². The topological polar surface area (TPSA) is 48.4 Å². The highest BCUT2D eigenvalue weighted by atomic mass is 16.3. The molecule has 0 radical (unpaired) electrons. The lowest BCUT2D eigenvalue weighted by Gasteiger charge is -2.31. The van der Waals surface area contributed by atoms with Gasteiger partial charge in [-0.3, -0.25) is 9.88 Å². The van der Waals surface area contributed by atoms with Gasteiger partial charge in [0.1, 0.15) is 0 Å². The molecular weight excluding hydrogens is 238 g/mol. The van der Waals surface area contributed by atoms with E-state index in [1.807, 2.05) is 31.5 Å². The minimum absolute atomic E-state index is 0.391. The van der Waals surface area contributed by atoms with Crippen LogP contribution in [0.25, 0.3) is 0 Å². The van der Waals surface area contributed by atoms with Crippen molar-refractivity contribution in [1.82, 2.24) is 15.2 Å². The van der Waals surface area contributed by atoms with E-state index in [1.165, 1.54) is 5.56 Å². The summed E-state index contributed by atoms with van der Waals surface area (Å²) in [4.78, 5) is 6.27. The van der Waals surface area contributed by atoms with Gasteiger partial charge in [-0.1, -0.05) is 20.8 Å². The summed E-state index contributed by atoms with van der Waals surface area (Å²) in [5, 5.41) is 13.7. The van der Waals surface area contributed by atoms with Gasteiger partial charge in [0.05, 0.1) is 5.60 Å². The Morgan fingerprint density at radius 2 is 2.00 bits per heavy atom. The van der Waals surface area contributed by atoms with Crippen LogP contribution in [0.5, 0.6) is 0 Å². The van der Waals surface area contributed by atoms with Gasteiger partial charge < -0.3 is 10.4 Å². The third kappa shape index (κ3) is 6.66. The molecule has 0 aliphatic heterocycles. The molecule has 0 saturated carbocycles. The lowest BCUT2D eigenvalue weighted by molar-refractivity contribution is 0.0177. The third-order valence-electron chi connectivity index (χ3n) is 3.06. The number of aliphatic hydroxyl groups is 1. The quantitative estimate of drug-likeness (QED) is 0.750. The fourth-order valence-corrected chi connectivity index (χ4v) is 1.99. The smallest absolute Gasteiger partial charge is 0.0869 e. The van der Waals surface area contributed by atoms with Crippen LogP contribution in [0.15, 0.2) is 24.5 Å². The molecule has 1 atom stereocenters. The van der Waals surface area contributed by atoms with Crippen LogP contribution >= 0.6 is 0 Å². The normalized spacial score (nSPS) is 14.9. The van der Waals surface area contributed by atoms with E-state index in [-0.39, 0.29) is 0 Å². The number of hydrogen-bond donors (Lipinski definition) is 2. The second kappa shape index (κ2) is 7.58. The van der Waals surface area contributed by atoms with Gasteiger partial charge in [0.25, 0.3) is 0 Å². The summed E-state index contributed by atoms with van der Waals surface area (Å²) in [6, 6.07) is 4.43. The zero-order valence-electron chi connectivity index (χ0n) is 12.6. The molecule has 1 aromatic rings. The van der Waals surface area contributed by atoms with Crippen LogP contribution in [0.4, 0.5) is 0 Å². The Balaban J connectivity index is 2.51. The Morgan fingerprint density at radius 3 is 2.53 bits per heavy atom. The van der Waals surface area contributed by atoms with E-state index in [2.05, 4.69) is 36.0 Å². The zero-order valence-corrected chi connectivity index (χ0v) is 12.6. The van der Waals surface area contributed by atoms with Crippen molar-refractivity contribution < 1.29 is 5.11 Å². The second-order valence-corrected chi connectivity index (χ2v) is 5.69. The van der Waals surface area contributed by atoms with Crippen LogP contribution < -0.4 is 5.32 Å². The van der Waals surface area contributed by atoms with Gasteiger partial charge >= 0.3 is 0 Å². The maximum atomic E-state index is 10.4. The molecule has 0 aliphatic carbocycles. The monoisotopic (exact) mass is 265 g/mol. The van der Waals surface area contributed by atoms with Crippen molar-refractivity contribution in [2.75, 3.05) is 19.6 Å². The highest BCUT2D eigenvalue weighted by Crippen LogP contribution is 2.10. The van der Waals surface area contributed by atoms with Crippen molar-refractivity contribution in [2.45, 2.75) is 45.9 Å². The van der Waals surface area contributed by atoms with E-state index < -0.39 is 5.60 Å². The minimum Gasteiger partial charge on any atom is -0.388 e. The number of nitrogens with one attached hydrogen (secondary N) is 1. The Morgan fingerprint density at radius 1 is 1.37 bits per heavy atom. The van der Waals surface area contributed by atoms with Crippen molar-refractivity contribution in [3.63, 3.8) is 0 Å². The standard InChI is InChI=1S/C15H27N3O/c1-5-18(10-14-6-8-16-9-7-14)12-15(4,19)11-17-13(2)3/h6-9,13,17,19H,5,10-12H2,1-4H3. The first-order valence-corrected chi connectivity index (χ1v) is 7.00. The molecule has 1 unspecified atom stereocenters. The van der Waals surface area contributed by atoms with Gasteiger partial charge in [-0.25, -0.2) is 0 Å². The van der Waals surface area contributed by atoms with Gasteiger partial charge in [0.15, 0.2) is 0 Å². The summed E-state index contributed by atoms with van der Waals surface area (Å²) < 4.78 is 0. The molecule has 0 bridgehead atoms. The van der Waals surface area contributed by atoms with Crippen LogP contribution in [0.1, 0.15) is 33.3 Å². The van der Waals surface area contributed by atoms with Gasteiger partial charge in [0.2, 0.25) is 0 Å². The molecule has 2 N–H and O–H groups in total. The average molecular weight is 265 g/mol. The van der Waals surface area contributed by atoms with E-state index in [9.17, 15) is 5.11 Å². The predicted octanol–water partition coefficient (Wildman–Crippen LogP) is 1.65. The Labute approximate surface area is 116 Å². The van der Waals surface area contributed by atoms with Crippen LogP contribution in [0.2, 0.25) is 0 Å². The Kier molecular flexibility index (Phi) is 6.42. The maximum absolute atomic E-state index is 10.4. The number of nitrogens with zero attached hydrogens (tertiary/aromatic N) is 2. The molecule has 1 rings (SSSR count). The van der Waals surface area contributed by atoms with Crippen molar-refractivity contribution in [3.8, 4) is 0 Å². The fraction of sp³-hybridized carbons (Fsp3) is 0.667. The zero-order chi connectivity index (χ0) is 14.3. The summed E-state index contributed by atoms with van der Waals surface area (Å²) in [6.07, 6.45) is 3.61. The Hall–Kier alpha value is -0.970. The molecule has 0 saturated heterocycles. The average Bonchev–Trinajstić information content (AvgIpc) is 2.37. The van der Waals surface area contributed by atoms with Gasteiger partial charge in [-0.15, -0.1) is 0 Å². The van der Waals surface area contributed by atoms with E-state index in [1.54, 1.807) is 0 Å². The molecule has 4 nitrogen and oxygen atoms in total. The highest BCUT2D eigenvalue weighted by Gasteiger charge is 2.23. The maximum Gasteiger partial charge on any atom is 0.0869 e. The van der Waals surface area contributed by atoms with Crippen molar-refractivity contribution in [1.29, 1.82) is 0 Å². The number of hydrogen-bond acceptors (Lipinski definition) is 4.